The highest BCUT2D eigenvalue weighted by Crippen LogP contribution is 2.44. The molecule has 2 aromatic heterocycles. The van der Waals surface area contributed by atoms with E-state index in [0.717, 1.165) is 38.1 Å². The Labute approximate surface area is 218 Å². The molecule has 2 N–H and O–H groups in total. The van der Waals surface area contributed by atoms with Gasteiger partial charge in [-0.25, -0.2) is 18.7 Å². The van der Waals surface area contributed by atoms with E-state index in [1.165, 1.54) is 25.0 Å². The van der Waals surface area contributed by atoms with Crippen LogP contribution in [0.5, 0.6) is 0 Å². The third kappa shape index (κ3) is 5.15. The van der Waals surface area contributed by atoms with E-state index >= 15 is 0 Å². The SMILES string of the molecule is O=C(N[C@@H]1CCN(CC2CC2)C[C@@H]1C(=O)NC1(c2ncccn2)CC1)c1cc(-c2ccc(F)cc2F)on1. The first kappa shape index (κ1) is 24.6. The molecule has 1 aromatic carbocycles. The van der Waals surface area contributed by atoms with Crippen molar-refractivity contribution in [2.45, 2.75) is 43.7 Å². The summed E-state index contributed by atoms with van der Waals surface area (Å²) >= 11 is 0. The first-order valence-corrected chi connectivity index (χ1v) is 12.9. The average molecular weight is 523 g/mol. The van der Waals surface area contributed by atoms with Gasteiger partial charge in [-0.1, -0.05) is 5.16 Å². The molecule has 0 radical (unpaired) electrons. The number of amides is 2. The molecular weight excluding hydrogens is 494 g/mol. The molecule has 1 saturated heterocycles. The molecule has 0 unspecified atom stereocenters. The number of nitrogens with zero attached hydrogens (tertiary/aromatic N) is 4. The minimum atomic E-state index is -0.815. The lowest BCUT2D eigenvalue weighted by Gasteiger charge is -2.38. The predicted octanol–water partition coefficient (Wildman–Crippen LogP) is 3.05. The van der Waals surface area contributed by atoms with E-state index in [1.807, 2.05) is 0 Å². The molecule has 198 valence electrons. The molecule has 0 bridgehead atoms. The largest absolute Gasteiger partial charge is 0.355 e. The van der Waals surface area contributed by atoms with Gasteiger partial charge < -0.3 is 20.1 Å². The van der Waals surface area contributed by atoms with E-state index in [1.54, 1.807) is 18.5 Å². The quantitative estimate of drug-likeness (QED) is 0.468. The highest BCUT2D eigenvalue weighted by Gasteiger charge is 2.50. The summed E-state index contributed by atoms with van der Waals surface area (Å²) < 4.78 is 32.6. The van der Waals surface area contributed by atoms with Crippen molar-refractivity contribution in [3.8, 4) is 11.3 Å². The molecule has 38 heavy (non-hydrogen) atoms. The smallest absolute Gasteiger partial charge is 0.273 e. The van der Waals surface area contributed by atoms with E-state index < -0.39 is 35.0 Å². The molecule has 3 aliphatic rings. The van der Waals surface area contributed by atoms with Gasteiger partial charge >= 0.3 is 0 Å². The van der Waals surface area contributed by atoms with Gasteiger partial charge in [0.25, 0.3) is 5.91 Å². The summed E-state index contributed by atoms with van der Waals surface area (Å²) in [7, 11) is 0. The molecule has 2 saturated carbocycles. The van der Waals surface area contributed by atoms with Crippen LogP contribution in [-0.2, 0) is 10.3 Å². The van der Waals surface area contributed by atoms with Crippen LogP contribution < -0.4 is 10.6 Å². The Bertz CT molecular complexity index is 1340. The van der Waals surface area contributed by atoms with Crippen molar-refractivity contribution in [1.29, 1.82) is 0 Å². The molecule has 3 aromatic rings. The molecule has 11 heteroatoms. The summed E-state index contributed by atoms with van der Waals surface area (Å²) in [5.41, 5.74) is -0.604. The van der Waals surface area contributed by atoms with E-state index in [-0.39, 0.29) is 22.9 Å². The highest BCUT2D eigenvalue weighted by atomic mass is 19.1. The van der Waals surface area contributed by atoms with Gasteiger partial charge in [0.2, 0.25) is 5.91 Å². The molecule has 1 aliphatic heterocycles. The van der Waals surface area contributed by atoms with Crippen LogP contribution in [0.25, 0.3) is 11.3 Å². The number of halogens is 2. The minimum Gasteiger partial charge on any atom is -0.355 e. The highest BCUT2D eigenvalue weighted by molar-refractivity contribution is 5.94. The van der Waals surface area contributed by atoms with Crippen molar-refractivity contribution in [1.82, 2.24) is 30.7 Å². The van der Waals surface area contributed by atoms with E-state index in [4.69, 9.17) is 4.52 Å². The summed E-state index contributed by atoms with van der Waals surface area (Å²) in [5.74, 6) is -1.38. The fourth-order valence-electron chi connectivity index (χ4n) is 5.13. The van der Waals surface area contributed by atoms with Crippen LogP contribution in [0, 0.1) is 23.5 Å². The third-order valence-electron chi connectivity index (χ3n) is 7.61. The summed E-state index contributed by atoms with van der Waals surface area (Å²) in [6, 6.07) is 5.70. The number of likely N-dealkylation sites (tertiary alicyclic amines) is 1. The lowest BCUT2D eigenvalue weighted by atomic mass is 9.90. The third-order valence-corrected chi connectivity index (χ3v) is 7.61. The van der Waals surface area contributed by atoms with Crippen molar-refractivity contribution in [2.75, 3.05) is 19.6 Å². The summed E-state index contributed by atoms with van der Waals surface area (Å²) in [4.78, 5) is 37.7. The Hall–Kier alpha value is -3.73. The van der Waals surface area contributed by atoms with Gasteiger partial charge in [-0.05, 0) is 56.2 Å². The van der Waals surface area contributed by atoms with Crippen LogP contribution in [-0.4, -0.2) is 57.5 Å². The second-order valence-electron chi connectivity index (χ2n) is 10.5. The first-order valence-electron chi connectivity index (χ1n) is 12.9. The Morgan fingerprint density at radius 3 is 2.61 bits per heavy atom. The number of benzene rings is 1. The number of rotatable bonds is 8. The van der Waals surface area contributed by atoms with E-state index in [2.05, 4.69) is 30.7 Å². The van der Waals surface area contributed by atoms with Crippen LogP contribution >= 0.6 is 0 Å². The number of piperidine rings is 1. The molecule has 0 spiro atoms. The number of nitrogens with one attached hydrogen (secondary N) is 2. The van der Waals surface area contributed by atoms with Gasteiger partial charge in [-0.15, -0.1) is 0 Å². The number of carbonyl (C=O) groups excluding carboxylic acids is 2. The van der Waals surface area contributed by atoms with Crippen LogP contribution in [0.4, 0.5) is 8.78 Å². The second kappa shape index (κ2) is 9.86. The van der Waals surface area contributed by atoms with Gasteiger partial charge in [0.15, 0.2) is 17.3 Å². The maximum Gasteiger partial charge on any atom is 0.273 e. The Balaban J connectivity index is 1.17. The molecule has 9 nitrogen and oxygen atoms in total. The van der Waals surface area contributed by atoms with Gasteiger partial charge in [0.05, 0.1) is 17.0 Å². The fourth-order valence-corrected chi connectivity index (χ4v) is 5.13. The van der Waals surface area contributed by atoms with Crippen LogP contribution in [0.1, 0.15) is 48.4 Å². The van der Waals surface area contributed by atoms with Crippen molar-refractivity contribution in [3.63, 3.8) is 0 Å². The maximum absolute atomic E-state index is 14.2. The zero-order valence-electron chi connectivity index (χ0n) is 20.7. The van der Waals surface area contributed by atoms with E-state index in [9.17, 15) is 18.4 Å². The summed E-state index contributed by atoms with van der Waals surface area (Å²) in [6.07, 6.45) is 7.89. The summed E-state index contributed by atoms with van der Waals surface area (Å²) in [6.45, 7) is 2.25. The van der Waals surface area contributed by atoms with Crippen molar-refractivity contribution >= 4 is 11.8 Å². The Morgan fingerprint density at radius 2 is 1.89 bits per heavy atom. The van der Waals surface area contributed by atoms with Gasteiger partial charge in [-0.3, -0.25) is 9.59 Å². The zero-order chi connectivity index (χ0) is 26.3. The van der Waals surface area contributed by atoms with E-state index in [0.29, 0.717) is 24.7 Å². The van der Waals surface area contributed by atoms with Gasteiger partial charge in [0.1, 0.15) is 11.6 Å². The van der Waals surface area contributed by atoms with Crippen LogP contribution in [0.2, 0.25) is 0 Å². The molecule has 2 aliphatic carbocycles. The standard InChI is InChI=1S/C27H28F2N6O3/c28-17-4-5-18(20(29)12-17)23-13-22(34-38-23)25(37)32-21-6-11-35(14-16-2-3-16)15-19(21)24(36)33-27(7-8-27)26-30-9-1-10-31-26/h1,4-5,9-10,12-13,16,19,21H,2-3,6-8,11,14-15H2,(H,32,37)(H,33,36)/t19-,21+/m0/s1. The first-order chi connectivity index (χ1) is 18.4. The van der Waals surface area contributed by atoms with Crippen molar-refractivity contribution in [2.24, 2.45) is 11.8 Å². The topological polar surface area (TPSA) is 113 Å². The molecule has 2 atom stereocenters. The van der Waals surface area contributed by atoms with Crippen molar-refractivity contribution in [3.05, 3.63) is 65.9 Å². The van der Waals surface area contributed by atoms with Crippen LogP contribution in [0.3, 0.4) is 0 Å². The zero-order valence-corrected chi connectivity index (χ0v) is 20.7. The Kier molecular flexibility index (Phi) is 6.38. The number of carbonyl (C=O) groups is 2. The lowest BCUT2D eigenvalue weighted by Crippen LogP contribution is -2.57. The summed E-state index contributed by atoms with van der Waals surface area (Å²) in [5, 5.41) is 9.92. The van der Waals surface area contributed by atoms with Crippen molar-refractivity contribution < 1.29 is 22.9 Å². The molecular formula is C27H28F2N6O3. The predicted molar refractivity (Wildman–Crippen MR) is 131 cm³/mol. The number of hydrogen-bond acceptors (Lipinski definition) is 7. The molecule has 3 fully saturated rings. The second-order valence-corrected chi connectivity index (χ2v) is 10.5. The monoisotopic (exact) mass is 522 g/mol. The van der Waals surface area contributed by atoms with Gasteiger partial charge in [0, 0.05) is 50.2 Å². The fraction of sp³-hybridized carbons (Fsp3) is 0.444. The molecule has 6 rings (SSSR count). The maximum atomic E-state index is 14.2. The van der Waals surface area contributed by atoms with Gasteiger partial charge in [-0.2, -0.15) is 0 Å². The molecule has 3 heterocycles. The number of aromatic nitrogens is 3. The minimum absolute atomic E-state index is 0.00134. The number of hydrogen-bond donors (Lipinski definition) is 2. The lowest BCUT2D eigenvalue weighted by molar-refractivity contribution is -0.128. The average Bonchev–Trinajstić information content (AvgIpc) is 3.84. The molecule has 2 amide bonds. The Morgan fingerprint density at radius 1 is 1.11 bits per heavy atom. The van der Waals surface area contributed by atoms with Crippen LogP contribution in [0.15, 0.2) is 47.2 Å². The normalized spacial score (nSPS) is 22.6.